The second-order valence-electron chi connectivity index (χ2n) is 10.4. The van der Waals surface area contributed by atoms with Gasteiger partial charge in [-0.15, -0.1) is 0 Å². The zero-order valence-corrected chi connectivity index (χ0v) is 23.3. The van der Waals surface area contributed by atoms with Crippen LogP contribution in [-0.2, 0) is 29.9 Å². The summed E-state index contributed by atoms with van der Waals surface area (Å²) in [5, 5.41) is 2.90. The lowest BCUT2D eigenvalue weighted by molar-refractivity contribution is -0.870. The van der Waals surface area contributed by atoms with Crippen LogP contribution in [0.25, 0.3) is 0 Å². The lowest BCUT2D eigenvalue weighted by Crippen LogP contribution is -2.42. The standard InChI is InChI=1S/C23H41N4O9P/c1-17-15-26(21-14-18(36-37(31,32)33)19(35-21)16-34-5)23(30)25(22(17)29)12-8-6-7-11-24-20(28)10-9-13-27(2,3)4/h15,18-19,21H,6-14,16H2,1-5H3,(H2-,24,28,31,32,33). The van der Waals surface area contributed by atoms with E-state index >= 15 is 0 Å². The molecule has 2 rings (SSSR count). The number of aromatic nitrogens is 2. The molecule has 0 aliphatic carbocycles. The Labute approximate surface area is 217 Å². The van der Waals surface area contributed by atoms with Crippen LogP contribution >= 0.6 is 7.82 Å². The molecule has 0 saturated carbocycles. The third-order valence-corrected chi connectivity index (χ3v) is 6.61. The predicted octanol–water partition coefficient (Wildman–Crippen LogP) is -0.129. The highest BCUT2D eigenvalue weighted by atomic mass is 31.2. The molecule has 14 heteroatoms. The van der Waals surface area contributed by atoms with Gasteiger partial charge in [0, 0.05) is 51.2 Å². The van der Waals surface area contributed by atoms with E-state index < -0.39 is 37.5 Å². The SMILES string of the molecule is COCC1OC(n2cc(C)c(=O)n(CCCCCNC(=O)CCC[N+](C)(C)C)c2=O)CC1OP(=O)([O-])O. The van der Waals surface area contributed by atoms with Gasteiger partial charge in [-0.05, 0) is 26.2 Å². The summed E-state index contributed by atoms with van der Waals surface area (Å²) in [7, 11) is 2.62. The number of hydrogen-bond donors (Lipinski definition) is 2. The number of aryl methyl sites for hydroxylation is 1. The third kappa shape index (κ3) is 10.4. The van der Waals surface area contributed by atoms with E-state index in [0.29, 0.717) is 31.4 Å². The molecule has 2 heterocycles. The fraction of sp³-hybridized carbons (Fsp3) is 0.783. The van der Waals surface area contributed by atoms with Gasteiger partial charge in [0.1, 0.15) is 12.3 Å². The normalized spacial score (nSPS) is 21.6. The topological polar surface area (TPSA) is 161 Å². The number of phosphoric acid groups is 1. The van der Waals surface area contributed by atoms with Crippen LogP contribution in [0.3, 0.4) is 0 Å². The number of phosphoric ester groups is 1. The van der Waals surface area contributed by atoms with E-state index in [2.05, 4.69) is 26.5 Å². The smallest absolute Gasteiger partial charge is 0.333 e. The van der Waals surface area contributed by atoms with E-state index in [9.17, 15) is 23.8 Å². The molecule has 212 valence electrons. The lowest BCUT2D eigenvalue weighted by Gasteiger charge is -2.23. The fourth-order valence-electron chi connectivity index (χ4n) is 4.23. The van der Waals surface area contributed by atoms with Gasteiger partial charge in [0.2, 0.25) is 5.91 Å². The van der Waals surface area contributed by atoms with Crippen molar-refractivity contribution >= 4 is 13.7 Å². The molecule has 0 aromatic carbocycles. The molecule has 4 unspecified atom stereocenters. The van der Waals surface area contributed by atoms with Gasteiger partial charge in [-0.25, -0.2) is 4.79 Å². The molecule has 1 aliphatic heterocycles. The number of nitrogens with zero attached hydrogens (tertiary/aromatic N) is 3. The van der Waals surface area contributed by atoms with Crippen LogP contribution in [-0.4, -0.2) is 84.6 Å². The van der Waals surface area contributed by atoms with Crippen molar-refractivity contribution in [1.29, 1.82) is 0 Å². The van der Waals surface area contributed by atoms with Crippen molar-refractivity contribution in [2.24, 2.45) is 0 Å². The minimum Gasteiger partial charge on any atom is -0.756 e. The van der Waals surface area contributed by atoms with Gasteiger partial charge in [0.05, 0.1) is 40.4 Å². The molecule has 1 amide bonds. The average molecular weight is 549 g/mol. The average Bonchev–Trinajstić information content (AvgIpc) is 3.14. The summed E-state index contributed by atoms with van der Waals surface area (Å²) in [6.45, 7) is 3.21. The summed E-state index contributed by atoms with van der Waals surface area (Å²) in [6, 6.07) is 0. The van der Waals surface area contributed by atoms with E-state index in [1.54, 1.807) is 6.92 Å². The Morgan fingerprint density at radius 2 is 1.97 bits per heavy atom. The number of quaternary nitrogens is 1. The Hall–Kier alpha value is -1.86. The van der Waals surface area contributed by atoms with Crippen molar-refractivity contribution in [3.8, 4) is 0 Å². The summed E-state index contributed by atoms with van der Waals surface area (Å²) in [5.41, 5.74) is -0.670. The Balaban J connectivity index is 1.94. The maximum Gasteiger partial charge on any atom is 0.333 e. The van der Waals surface area contributed by atoms with Crippen molar-refractivity contribution < 1.29 is 37.6 Å². The highest BCUT2D eigenvalue weighted by Crippen LogP contribution is 2.40. The second kappa shape index (κ2) is 13.8. The van der Waals surface area contributed by atoms with Crippen LogP contribution in [0.15, 0.2) is 15.8 Å². The molecule has 1 aromatic heterocycles. The molecule has 37 heavy (non-hydrogen) atoms. The first-order chi connectivity index (χ1) is 17.2. The van der Waals surface area contributed by atoms with E-state index in [-0.39, 0.29) is 25.5 Å². The molecular formula is C23H41N4O9P. The van der Waals surface area contributed by atoms with Gasteiger partial charge < -0.3 is 33.6 Å². The first-order valence-electron chi connectivity index (χ1n) is 12.5. The third-order valence-electron chi connectivity index (χ3n) is 6.07. The largest absolute Gasteiger partial charge is 0.756 e. The van der Waals surface area contributed by atoms with Gasteiger partial charge in [-0.1, -0.05) is 0 Å². The van der Waals surface area contributed by atoms with Gasteiger partial charge in [0.25, 0.3) is 13.4 Å². The van der Waals surface area contributed by atoms with Crippen molar-refractivity contribution in [2.45, 2.75) is 70.4 Å². The zero-order valence-electron chi connectivity index (χ0n) is 22.4. The first kappa shape index (κ1) is 31.4. The van der Waals surface area contributed by atoms with E-state index in [0.717, 1.165) is 28.4 Å². The number of unbranched alkanes of at least 4 members (excludes halogenated alkanes) is 2. The van der Waals surface area contributed by atoms with Crippen LogP contribution in [0.5, 0.6) is 0 Å². The van der Waals surface area contributed by atoms with Gasteiger partial charge in [0.15, 0.2) is 0 Å². The number of hydrogen-bond acceptors (Lipinski definition) is 8. The molecule has 1 saturated heterocycles. The quantitative estimate of drug-likeness (QED) is 0.173. The van der Waals surface area contributed by atoms with Crippen molar-refractivity contribution in [3.63, 3.8) is 0 Å². The molecule has 0 radical (unpaired) electrons. The summed E-state index contributed by atoms with van der Waals surface area (Å²) >= 11 is 0. The number of nitrogens with one attached hydrogen (secondary N) is 1. The van der Waals surface area contributed by atoms with Crippen LogP contribution < -0.4 is 21.5 Å². The highest BCUT2D eigenvalue weighted by molar-refractivity contribution is 7.44. The van der Waals surface area contributed by atoms with E-state index in [1.807, 2.05) is 0 Å². The minimum atomic E-state index is -5.03. The molecule has 2 N–H and O–H groups in total. The van der Waals surface area contributed by atoms with E-state index in [4.69, 9.17) is 18.9 Å². The summed E-state index contributed by atoms with van der Waals surface area (Å²) in [5.74, 6) is 0.0198. The molecule has 1 aromatic rings. The number of rotatable bonds is 15. The van der Waals surface area contributed by atoms with Gasteiger partial charge in [-0.3, -0.25) is 23.3 Å². The number of methoxy groups -OCH3 is 1. The summed E-state index contributed by atoms with van der Waals surface area (Å²) in [6.07, 6.45) is 1.85. The molecule has 1 aliphatic rings. The maximum absolute atomic E-state index is 13.1. The molecule has 0 bridgehead atoms. The number of carbonyl (C=O) groups excluding carboxylic acids is 1. The Bertz CT molecular complexity index is 1060. The summed E-state index contributed by atoms with van der Waals surface area (Å²) < 4.78 is 30.0. The molecular weight excluding hydrogens is 507 g/mol. The predicted molar refractivity (Wildman–Crippen MR) is 134 cm³/mol. The fourth-order valence-corrected chi connectivity index (χ4v) is 4.80. The number of carbonyl (C=O) groups is 1. The molecule has 1 fully saturated rings. The van der Waals surface area contributed by atoms with Crippen molar-refractivity contribution in [3.05, 3.63) is 32.6 Å². The first-order valence-corrected chi connectivity index (χ1v) is 14.0. The van der Waals surface area contributed by atoms with Crippen LogP contribution in [0.2, 0.25) is 0 Å². The Morgan fingerprint density at radius 1 is 1.27 bits per heavy atom. The molecule has 13 nitrogen and oxygen atoms in total. The van der Waals surface area contributed by atoms with Gasteiger partial charge in [-0.2, -0.15) is 0 Å². The zero-order chi connectivity index (χ0) is 27.8. The summed E-state index contributed by atoms with van der Waals surface area (Å²) in [4.78, 5) is 58.1. The van der Waals surface area contributed by atoms with E-state index in [1.165, 1.54) is 17.9 Å². The molecule has 4 atom stereocenters. The molecule has 0 spiro atoms. The lowest BCUT2D eigenvalue weighted by atomic mass is 10.2. The van der Waals surface area contributed by atoms with Crippen LogP contribution in [0, 0.1) is 6.92 Å². The van der Waals surface area contributed by atoms with Gasteiger partial charge >= 0.3 is 5.69 Å². The highest BCUT2D eigenvalue weighted by Gasteiger charge is 2.39. The monoisotopic (exact) mass is 548 g/mol. The second-order valence-corrected chi connectivity index (χ2v) is 11.6. The maximum atomic E-state index is 13.1. The Kier molecular flexibility index (Phi) is 11.7. The van der Waals surface area contributed by atoms with Crippen LogP contribution in [0.4, 0.5) is 0 Å². The van der Waals surface area contributed by atoms with Crippen LogP contribution in [0.1, 0.15) is 50.3 Å². The van der Waals surface area contributed by atoms with Crippen molar-refractivity contribution in [1.82, 2.24) is 14.5 Å². The minimum absolute atomic E-state index is 0.0130. The Morgan fingerprint density at radius 3 is 2.59 bits per heavy atom. The van der Waals surface area contributed by atoms with Crippen molar-refractivity contribution in [2.75, 3.05) is 47.9 Å². The number of ether oxygens (including phenoxy) is 2. The number of amides is 1.